The number of methoxy groups -OCH3 is 1. The van der Waals surface area contributed by atoms with Gasteiger partial charge in [0.05, 0.1) is 0 Å². The van der Waals surface area contributed by atoms with Gasteiger partial charge in [0.2, 0.25) is 0 Å². The molecule has 0 heterocycles. The van der Waals surface area contributed by atoms with Crippen LogP contribution in [0.15, 0.2) is 30.3 Å². The first-order valence-electron chi connectivity index (χ1n) is 6.72. The predicted octanol–water partition coefficient (Wildman–Crippen LogP) is 2.35. The first-order chi connectivity index (χ1) is 9.67. The SMILES string of the molecule is CNC(CCSCCCOC)(C(=O)O)c1ccccc1. The van der Waals surface area contributed by atoms with E-state index in [-0.39, 0.29) is 0 Å². The van der Waals surface area contributed by atoms with E-state index in [0.717, 1.165) is 30.1 Å². The summed E-state index contributed by atoms with van der Waals surface area (Å²) in [6.45, 7) is 0.752. The molecule has 20 heavy (non-hydrogen) atoms. The quantitative estimate of drug-likeness (QED) is 0.649. The molecule has 0 bridgehead atoms. The van der Waals surface area contributed by atoms with Crippen LogP contribution in [0.2, 0.25) is 0 Å². The maximum absolute atomic E-state index is 11.7. The number of carboxylic acids is 1. The fourth-order valence-corrected chi connectivity index (χ4v) is 3.08. The molecule has 1 unspecified atom stereocenters. The van der Waals surface area contributed by atoms with Crippen molar-refractivity contribution in [1.82, 2.24) is 5.32 Å². The maximum atomic E-state index is 11.7. The summed E-state index contributed by atoms with van der Waals surface area (Å²) in [6.07, 6.45) is 1.55. The average molecular weight is 297 g/mol. The molecule has 5 heteroatoms. The summed E-state index contributed by atoms with van der Waals surface area (Å²) in [6, 6.07) is 9.36. The van der Waals surface area contributed by atoms with Crippen molar-refractivity contribution in [2.45, 2.75) is 18.4 Å². The molecule has 0 aliphatic rings. The van der Waals surface area contributed by atoms with Crippen molar-refractivity contribution < 1.29 is 14.6 Å². The number of thioether (sulfide) groups is 1. The lowest BCUT2D eigenvalue weighted by molar-refractivity contribution is -0.145. The van der Waals surface area contributed by atoms with Gasteiger partial charge in [0, 0.05) is 13.7 Å². The third-order valence-corrected chi connectivity index (χ3v) is 4.39. The van der Waals surface area contributed by atoms with Crippen molar-refractivity contribution in [2.24, 2.45) is 0 Å². The Morgan fingerprint density at radius 1 is 1.35 bits per heavy atom. The summed E-state index contributed by atoms with van der Waals surface area (Å²) < 4.78 is 5.00. The number of hydrogen-bond acceptors (Lipinski definition) is 4. The summed E-state index contributed by atoms with van der Waals surface area (Å²) in [5.41, 5.74) is -0.206. The van der Waals surface area contributed by atoms with Crippen LogP contribution >= 0.6 is 11.8 Å². The molecule has 0 aliphatic carbocycles. The fourth-order valence-electron chi connectivity index (χ4n) is 2.11. The summed E-state index contributed by atoms with van der Waals surface area (Å²) in [5, 5.41) is 12.6. The van der Waals surface area contributed by atoms with Crippen LogP contribution in [0.4, 0.5) is 0 Å². The normalized spacial score (nSPS) is 13.9. The van der Waals surface area contributed by atoms with Crippen LogP contribution in [0.5, 0.6) is 0 Å². The topological polar surface area (TPSA) is 58.6 Å². The van der Waals surface area contributed by atoms with Crippen LogP contribution in [0, 0.1) is 0 Å². The Balaban J connectivity index is 2.64. The maximum Gasteiger partial charge on any atom is 0.328 e. The highest BCUT2D eigenvalue weighted by Gasteiger charge is 2.38. The zero-order valence-electron chi connectivity index (χ0n) is 12.1. The summed E-state index contributed by atoms with van der Waals surface area (Å²) >= 11 is 1.76. The third kappa shape index (κ3) is 4.51. The Morgan fingerprint density at radius 3 is 2.60 bits per heavy atom. The van der Waals surface area contributed by atoms with E-state index >= 15 is 0 Å². The minimum absolute atomic E-state index is 0.556. The molecule has 0 amide bonds. The van der Waals surface area contributed by atoms with Crippen molar-refractivity contribution in [3.63, 3.8) is 0 Å². The number of rotatable bonds is 10. The Bertz CT molecular complexity index is 399. The van der Waals surface area contributed by atoms with Gasteiger partial charge >= 0.3 is 5.97 Å². The van der Waals surface area contributed by atoms with E-state index in [9.17, 15) is 9.90 Å². The lowest BCUT2D eigenvalue weighted by Gasteiger charge is -2.29. The van der Waals surface area contributed by atoms with E-state index in [1.807, 2.05) is 30.3 Å². The molecule has 0 aromatic heterocycles. The molecule has 1 atom stereocenters. The number of carbonyl (C=O) groups is 1. The van der Waals surface area contributed by atoms with Crippen molar-refractivity contribution >= 4 is 17.7 Å². The van der Waals surface area contributed by atoms with Crippen molar-refractivity contribution in [2.75, 3.05) is 32.3 Å². The molecule has 0 aliphatic heterocycles. The smallest absolute Gasteiger partial charge is 0.328 e. The molecular formula is C15H23NO3S. The fraction of sp³-hybridized carbons (Fsp3) is 0.533. The molecule has 0 spiro atoms. The van der Waals surface area contributed by atoms with Crippen LogP contribution < -0.4 is 5.32 Å². The van der Waals surface area contributed by atoms with Gasteiger partial charge < -0.3 is 15.2 Å². The predicted molar refractivity (Wildman–Crippen MR) is 83.3 cm³/mol. The molecule has 0 radical (unpaired) electrons. The Hall–Kier alpha value is -1.04. The highest BCUT2D eigenvalue weighted by atomic mass is 32.2. The first-order valence-corrected chi connectivity index (χ1v) is 7.87. The molecule has 112 valence electrons. The van der Waals surface area contributed by atoms with Crippen molar-refractivity contribution in [3.8, 4) is 0 Å². The highest BCUT2D eigenvalue weighted by molar-refractivity contribution is 7.99. The Labute approximate surface area is 124 Å². The minimum Gasteiger partial charge on any atom is -0.480 e. The number of nitrogens with one attached hydrogen (secondary N) is 1. The molecule has 1 aromatic carbocycles. The van der Waals surface area contributed by atoms with Gasteiger partial charge in [-0.1, -0.05) is 30.3 Å². The molecule has 4 nitrogen and oxygen atoms in total. The lowest BCUT2D eigenvalue weighted by Crippen LogP contribution is -2.47. The second-order valence-electron chi connectivity index (χ2n) is 4.54. The number of ether oxygens (including phenoxy) is 1. The van der Waals surface area contributed by atoms with Gasteiger partial charge in [-0.2, -0.15) is 11.8 Å². The van der Waals surface area contributed by atoms with Crippen molar-refractivity contribution in [1.29, 1.82) is 0 Å². The zero-order chi connectivity index (χ0) is 14.8. The first kappa shape index (κ1) is 17.0. The van der Waals surface area contributed by atoms with Gasteiger partial charge in [0.15, 0.2) is 0 Å². The van der Waals surface area contributed by atoms with E-state index in [4.69, 9.17) is 4.74 Å². The van der Waals surface area contributed by atoms with Crippen LogP contribution in [0.25, 0.3) is 0 Å². The van der Waals surface area contributed by atoms with Gasteiger partial charge in [-0.3, -0.25) is 0 Å². The number of likely N-dealkylation sites (N-methyl/N-ethyl adjacent to an activating group) is 1. The molecule has 1 rings (SSSR count). The second kappa shape index (κ2) is 9.00. The number of benzene rings is 1. The Kier molecular flexibility index (Phi) is 7.65. The number of hydrogen-bond donors (Lipinski definition) is 2. The van der Waals surface area contributed by atoms with E-state index in [1.54, 1.807) is 25.9 Å². The van der Waals surface area contributed by atoms with E-state index in [1.165, 1.54) is 0 Å². The molecule has 0 fully saturated rings. The van der Waals surface area contributed by atoms with Crippen LogP contribution in [-0.4, -0.2) is 43.3 Å². The largest absolute Gasteiger partial charge is 0.480 e. The van der Waals surface area contributed by atoms with Gasteiger partial charge in [0.1, 0.15) is 5.54 Å². The van der Waals surface area contributed by atoms with Gasteiger partial charge in [0.25, 0.3) is 0 Å². The van der Waals surface area contributed by atoms with E-state index in [2.05, 4.69) is 5.32 Å². The average Bonchev–Trinajstić information content (AvgIpc) is 2.47. The molecule has 1 aromatic rings. The molecular weight excluding hydrogens is 274 g/mol. The summed E-state index contributed by atoms with van der Waals surface area (Å²) in [4.78, 5) is 11.7. The molecule has 0 saturated carbocycles. The monoisotopic (exact) mass is 297 g/mol. The molecule has 0 saturated heterocycles. The van der Waals surface area contributed by atoms with Gasteiger partial charge in [-0.15, -0.1) is 0 Å². The third-order valence-electron chi connectivity index (χ3n) is 3.32. The van der Waals surface area contributed by atoms with Crippen molar-refractivity contribution in [3.05, 3.63) is 35.9 Å². The number of aliphatic carboxylic acids is 1. The Morgan fingerprint density at radius 2 is 2.05 bits per heavy atom. The minimum atomic E-state index is -1.00. The van der Waals surface area contributed by atoms with Crippen LogP contribution in [0.1, 0.15) is 18.4 Å². The van der Waals surface area contributed by atoms with Crippen LogP contribution in [0.3, 0.4) is 0 Å². The van der Waals surface area contributed by atoms with E-state index < -0.39 is 11.5 Å². The number of carboxylic acid groups (broad SMARTS) is 1. The second-order valence-corrected chi connectivity index (χ2v) is 5.76. The summed E-state index contributed by atoms with van der Waals surface area (Å²) in [7, 11) is 3.40. The summed E-state index contributed by atoms with van der Waals surface area (Å²) in [5.74, 6) is 0.956. The van der Waals surface area contributed by atoms with E-state index in [0.29, 0.717) is 6.42 Å². The van der Waals surface area contributed by atoms with Gasteiger partial charge in [-0.25, -0.2) is 4.79 Å². The standard InChI is InChI=1S/C15H23NO3S/c1-16-15(14(17)18,13-7-4-3-5-8-13)9-12-20-11-6-10-19-2/h3-5,7-8,16H,6,9-12H2,1-2H3,(H,17,18). The van der Waals surface area contributed by atoms with Gasteiger partial charge in [-0.05, 0) is 37.0 Å². The highest BCUT2D eigenvalue weighted by Crippen LogP contribution is 2.27. The molecule has 2 N–H and O–H groups in total. The van der Waals surface area contributed by atoms with Crippen LogP contribution in [-0.2, 0) is 15.1 Å². The zero-order valence-corrected chi connectivity index (χ0v) is 12.9. The lowest BCUT2D eigenvalue weighted by atomic mass is 9.87.